The number of rotatable bonds is 8. The van der Waals surface area contributed by atoms with Gasteiger partial charge in [-0.15, -0.1) is 0 Å². The molecule has 1 aliphatic heterocycles. The summed E-state index contributed by atoms with van der Waals surface area (Å²) < 4.78 is 0. The molecular formula is C24H34N6O. The average molecular weight is 423 g/mol. The second-order valence-electron chi connectivity index (χ2n) is 7.99. The number of carbonyl (C=O) groups excluding carboxylic acids is 1. The zero-order valence-electron chi connectivity index (χ0n) is 18.6. The molecule has 1 aliphatic rings. The normalized spacial score (nSPS) is 15.5. The second-order valence-corrected chi connectivity index (χ2v) is 7.99. The highest BCUT2D eigenvalue weighted by Crippen LogP contribution is 2.13. The lowest BCUT2D eigenvalue weighted by Crippen LogP contribution is -2.50. The van der Waals surface area contributed by atoms with Crippen LogP contribution in [-0.2, 0) is 17.8 Å². The minimum atomic E-state index is 0.0385. The number of aliphatic imine (C=N–C) groups is 1. The van der Waals surface area contributed by atoms with E-state index in [-0.39, 0.29) is 12.5 Å². The summed E-state index contributed by atoms with van der Waals surface area (Å²) in [5.74, 6) is 0.726. The Morgan fingerprint density at radius 1 is 1.16 bits per heavy atom. The predicted molar refractivity (Wildman–Crippen MR) is 125 cm³/mol. The molecule has 2 aromatic rings. The van der Waals surface area contributed by atoms with Gasteiger partial charge in [-0.3, -0.25) is 19.7 Å². The van der Waals surface area contributed by atoms with Gasteiger partial charge in [-0.05, 0) is 30.5 Å². The Morgan fingerprint density at radius 2 is 1.90 bits per heavy atom. The molecule has 0 atom stereocenters. The van der Waals surface area contributed by atoms with E-state index in [1.165, 1.54) is 5.56 Å². The molecule has 1 aromatic heterocycles. The van der Waals surface area contributed by atoms with Crippen LogP contribution in [-0.4, -0.2) is 73.0 Å². The van der Waals surface area contributed by atoms with Crippen molar-refractivity contribution in [1.29, 1.82) is 0 Å². The van der Waals surface area contributed by atoms with Crippen LogP contribution in [0.15, 0.2) is 59.7 Å². The fourth-order valence-electron chi connectivity index (χ4n) is 3.71. The molecule has 0 saturated carbocycles. The third-order valence-corrected chi connectivity index (χ3v) is 5.66. The highest BCUT2D eigenvalue weighted by molar-refractivity contribution is 5.86. The van der Waals surface area contributed by atoms with E-state index in [9.17, 15) is 4.79 Å². The molecule has 3 rings (SSSR count). The first kappa shape index (κ1) is 22.7. The van der Waals surface area contributed by atoms with E-state index in [0.29, 0.717) is 18.5 Å². The monoisotopic (exact) mass is 422 g/mol. The van der Waals surface area contributed by atoms with Crippen LogP contribution in [0, 0.1) is 0 Å². The van der Waals surface area contributed by atoms with E-state index < -0.39 is 0 Å². The Balaban J connectivity index is 1.35. The molecule has 1 amide bonds. The SMILES string of the molecule is CN=C(NCC(=O)N(C)CCc1ccccn1)NC1CCN(Cc2ccccc2)CC1. The number of guanidine groups is 1. The van der Waals surface area contributed by atoms with Crippen molar-refractivity contribution in [1.82, 2.24) is 25.4 Å². The van der Waals surface area contributed by atoms with Crippen LogP contribution in [0.25, 0.3) is 0 Å². The number of aromatic nitrogens is 1. The molecule has 0 unspecified atom stereocenters. The lowest BCUT2D eigenvalue weighted by Gasteiger charge is -2.33. The van der Waals surface area contributed by atoms with Gasteiger partial charge in [-0.25, -0.2) is 0 Å². The molecule has 1 fully saturated rings. The largest absolute Gasteiger partial charge is 0.354 e. The molecular weight excluding hydrogens is 388 g/mol. The highest BCUT2D eigenvalue weighted by Gasteiger charge is 2.20. The summed E-state index contributed by atoms with van der Waals surface area (Å²) in [5, 5.41) is 6.64. The van der Waals surface area contributed by atoms with Crippen LogP contribution in [0.1, 0.15) is 24.1 Å². The van der Waals surface area contributed by atoms with E-state index in [1.54, 1.807) is 18.1 Å². The number of nitrogens with one attached hydrogen (secondary N) is 2. The third-order valence-electron chi connectivity index (χ3n) is 5.66. The summed E-state index contributed by atoms with van der Waals surface area (Å²) in [6.07, 6.45) is 4.65. The summed E-state index contributed by atoms with van der Waals surface area (Å²) >= 11 is 0. The number of likely N-dealkylation sites (N-methyl/N-ethyl adjacent to an activating group) is 1. The first-order valence-corrected chi connectivity index (χ1v) is 11.0. The van der Waals surface area contributed by atoms with Crippen molar-refractivity contribution in [2.75, 3.05) is 40.3 Å². The first-order chi connectivity index (χ1) is 15.1. The molecule has 166 valence electrons. The number of carbonyl (C=O) groups is 1. The predicted octanol–water partition coefficient (Wildman–Crippen LogP) is 1.91. The van der Waals surface area contributed by atoms with Crippen molar-refractivity contribution in [3.63, 3.8) is 0 Å². The van der Waals surface area contributed by atoms with Crippen LogP contribution >= 0.6 is 0 Å². The van der Waals surface area contributed by atoms with Gasteiger partial charge in [0.2, 0.25) is 5.91 Å². The van der Waals surface area contributed by atoms with Gasteiger partial charge in [0, 0.05) is 64.6 Å². The number of hydrogen-bond donors (Lipinski definition) is 2. The van der Waals surface area contributed by atoms with Crippen LogP contribution in [0.4, 0.5) is 0 Å². The zero-order chi connectivity index (χ0) is 21.9. The summed E-state index contributed by atoms with van der Waals surface area (Å²) in [6.45, 7) is 3.98. The lowest BCUT2D eigenvalue weighted by molar-refractivity contribution is -0.128. The maximum Gasteiger partial charge on any atom is 0.241 e. The van der Waals surface area contributed by atoms with Gasteiger partial charge >= 0.3 is 0 Å². The van der Waals surface area contributed by atoms with Crippen molar-refractivity contribution in [3.05, 3.63) is 66.0 Å². The van der Waals surface area contributed by atoms with Gasteiger partial charge in [0.05, 0.1) is 6.54 Å². The third kappa shape index (κ3) is 7.68. The van der Waals surface area contributed by atoms with Gasteiger partial charge in [0.15, 0.2) is 5.96 Å². The standard InChI is InChI=1S/C24H34N6O/c1-25-24(27-18-23(31)29(2)15-11-21-10-6-7-14-26-21)28-22-12-16-30(17-13-22)19-20-8-4-3-5-9-20/h3-10,14,22H,11-13,15-19H2,1-2H3,(H2,25,27,28). The maximum atomic E-state index is 12.4. The van der Waals surface area contributed by atoms with E-state index in [2.05, 4.69) is 55.8 Å². The van der Waals surface area contributed by atoms with E-state index >= 15 is 0 Å². The molecule has 1 aromatic carbocycles. The van der Waals surface area contributed by atoms with E-state index in [1.807, 2.05) is 25.2 Å². The van der Waals surface area contributed by atoms with Gasteiger partial charge in [-0.1, -0.05) is 36.4 Å². The Bertz CT molecular complexity index is 818. The van der Waals surface area contributed by atoms with Crippen molar-refractivity contribution in [3.8, 4) is 0 Å². The summed E-state index contributed by atoms with van der Waals surface area (Å²) in [4.78, 5) is 25.3. The zero-order valence-corrected chi connectivity index (χ0v) is 18.6. The summed E-state index contributed by atoms with van der Waals surface area (Å²) in [7, 11) is 3.57. The number of pyridine rings is 1. The molecule has 1 saturated heterocycles. The molecule has 2 N–H and O–H groups in total. The smallest absolute Gasteiger partial charge is 0.241 e. The molecule has 0 aliphatic carbocycles. The Hall–Kier alpha value is -2.93. The molecule has 0 spiro atoms. The number of hydrogen-bond acceptors (Lipinski definition) is 4. The molecule has 31 heavy (non-hydrogen) atoms. The Morgan fingerprint density at radius 3 is 2.58 bits per heavy atom. The first-order valence-electron chi connectivity index (χ1n) is 11.0. The van der Waals surface area contributed by atoms with E-state index in [0.717, 1.165) is 44.6 Å². The van der Waals surface area contributed by atoms with Crippen LogP contribution < -0.4 is 10.6 Å². The number of benzene rings is 1. The van der Waals surface area contributed by atoms with Gasteiger partial charge in [0.25, 0.3) is 0 Å². The van der Waals surface area contributed by atoms with Crippen LogP contribution in [0.2, 0.25) is 0 Å². The van der Waals surface area contributed by atoms with Crippen molar-refractivity contribution >= 4 is 11.9 Å². The number of nitrogens with zero attached hydrogens (tertiary/aromatic N) is 4. The molecule has 7 heteroatoms. The topological polar surface area (TPSA) is 72.9 Å². The van der Waals surface area contributed by atoms with Crippen molar-refractivity contribution in [2.45, 2.75) is 31.8 Å². The van der Waals surface area contributed by atoms with Crippen LogP contribution in [0.3, 0.4) is 0 Å². The van der Waals surface area contributed by atoms with Crippen molar-refractivity contribution in [2.24, 2.45) is 4.99 Å². The summed E-state index contributed by atoms with van der Waals surface area (Å²) in [6, 6.07) is 16.8. The van der Waals surface area contributed by atoms with Gasteiger partial charge < -0.3 is 15.5 Å². The maximum absolute atomic E-state index is 12.4. The Labute approximate surface area is 185 Å². The second kappa shape index (κ2) is 12.1. The molecule has 7 nitrogen and oxygen atoms in total. The lowest BCUT2D eigenvalue weighted by atomic mass is 10.0. The highest BCUT2D eigenvalue weighted by atomic mass is 16.2. The number of likely N-dealkylation sites (tertiary alicyclic amines) is 1. The fraction of sp³-hybridized carbons (Fsp3) is 0.458. The quantitative estimate of drug-likeness (QED) is 0.502. The molecule has 2 heterocycles. The van der Waals surface area contributed by atoms with Gasteiger partial charge in [0.1, 0.15) is 0 Å². The Kier molecular flexibility index (Phi) is 8.84. The summed E-state index contributed by atoms with van der Waals surface area (Å²) in [5.41, 5.74) is 2.35. The minimum Gasteiger partial charge on any atom is -0.354 e. The minimum absolute atomic E-state index is 0.0385. The van der Waals surface area contributed by atoms with E-state index in [4.69, 9.17) is 0 Å². The van der Waals surface area contributed by atoms with Crippen LogP contribution in [0.5, 0.6) is 0 Å². The molecule has 0 bridgehead atoms. The number of piperidine rings is 1. The van der Waals surface area contributed by atoms with Crippen molar-refractivity contribution < 1.29 is 4.79 Å². The van der Waals surface area contributed by atoms with Gasteiger partial charge in [-0.2, -0.15) is 0 Å². The number of amides is 1. The average Bonchev–Trinajstić information content (AvgIpc) is 2.82. The molecule has 0 radical (unpaired) electrons. The fourth-order valence-corrected chi connectivity index (χ4v) is 3.71.